The topological polar surface area (TPSA) is 68.3 Å². The number of para-hydroxylation sites is 1. The normalized spacial score (nSPS) is 17.2. The molecule has 1 aromatic heterocycles. The third-order valence-corrected chi connectivity index (χ3v) is 5.02. The standard InChI is InChI=1S/C21H21N3O2/c22-20(25)14-24-12-16(10-21(24)26)18-13-23(11-15-6-2-1-3-7-15)19-9-5-4-8-17(18)19/h1-9,13,16H,10-12,14H2,(H2,22,25). The van der Waals surface area contributed by atoms with E-state index in [4.69, 9.17) is 5.73 Å². The predicted octanol–water partition coefficient (Wildman–Crippen LogP) is 2.49. The van der Waals surface area contributed by atoms with E-state index < -0.39 is 5.91 Å². The Bertz CT molecular complexity index is 962. The molecule has 2 N–H and O–H groups in total. The van der Waals surface area contributed by atoms with Crippen LogP contribution in [0, 0.1) is 0 Å². The van der Waals surface area contributed by atoms with Crippen molar-refractivity contribution in [2.75, 3.05) is 13.1 Å². The van der Waals surface area contributed by atoms with Gasteiger partial charge in [-0.15, -0.1) is 0 Å². The number of nitrogens with zero attached hydrogens (tertiary/aromatic N) is 2. The molecule has 5 heteroatoms. The van der Waals surface area contributed by atoms with Gasteiger partial charge < -0.3 is 15.2 Å². The lowest BCUT2D eigenvalue weighted by atomic mass is 9.98. The molecule has 2 heterocycles. The van der Waals surface area contributed by atoms with E-state index >= 15 is 0 Å². The predicted molar refractivity (Wildman–Crippen MR) is 101 cm³/mol. The van der Waals surface area contributed by atoms with Crippen LogP contribution in [0.5, 0.6) is 0 Å². The first-order valence-electron chi connectivity index (χ1n) is 8.79. The fourth-order valence-electron chi connectivity index (χ4n) is 3.83. The van der Waals surface area contributed by atoms with Crippen LogP contribution < -0.4 is 5.73 Å². The number of benzene rings is 2. The molecule has 1 atom stereocenters. The number of primary amides is 1. The smallest absolute Gasteiger partial charge is 0.237 e. The Kier molecular flexibility index (Phi) is 4.21. The maximum absolute atomic E-state index is 12.2. The number of nitrogens with two attached hydrogens (primary N) is 1. The van der Waals surface area contributed by atoms with E-state index in [9.17, 15) is 9.59 Å². The average molecular weight is 347 g/mol. The molecule has 0 radical (unpaired) electrons. The highest BCUT2D eigenvalue weighted by molar-refractivity contribution is 5.89. The highest BCUT2D eigenvalue weighted by atomic mass is 16.2. The second-order valence-corrected chi connectivity index (χ2v) is 6.86. The van der Waals surface area contributed by atoms with E-state index in [1.165, 1.54) is 10.9 Å². The van der Waals surface area contributed by atoms with Crippen LogP contribution in [0.15, 0.2) is 60.8 Å². The van der Waals surface area contributed by atoms with Crippen LogP contribution in [0.1, 0.15) is 23.5 Å². The molecule has 132 valence electrons. The van der Waals surface area contributed by atoms with Crippen molar-refractivity contribution in [2.45, 2.75) is 18.9 Å². The number of fused-ring (bicyclic) bond motifs is 1. The number of carbonyl (C=O) groups is 2. The fraction of sp³-hybridized carbons (Fsp3) is 0.238. The summed E-state index contributed by atoms with van der Waals surface area (Å²) in [5.41, 5.74) is 8.82. The number of hydrogen-bond donors (Lipinski definition) is 1. The second-order valence-electron chi connectivity index (χ2n) is 6.86. The van der Waals surface area contributed by atoms with Gasteiger partial charge in [0.2, 0.25) is 11.8 Å². The van der Waals surface area contributed by atoms with E-state index in [1.54, 1.807) is 4.90 Å². The maximum atomic E-state index is 12.2. The molecule has 3 aromatic rings. The zero-order valence-corrected chi connectivity index (χ0v) is 14.5. The van der Waals surface area contributed by atoms with Crippen LogP contribution in [-0.4, -0.2) is 34.4 Å². The summed E-state index contributed by atoms with van der Waals surface area (Å²) >= 11 is 0. The van der Waals surface area contributed by atoms with Crippen molar-refractivity contribution in [3.05, 3.63) is 71.9 Å². The van der Waals surface area contributed by atoms with Gasteiger partial charge in [-0.25, -0.2) is 0 Å². The lowest BCUT2D eigenvalue weighted by Crippen LogP contribution is -2.34. The van der Waals surface area contributed by atoms with Crippen molar-refractivity contribution in [3.63, 3.8) is 0 Å². The van der Waals surface area contributed by atoms with Crippen molar-refractivity contribution in [1.82, 2.24) is 9.47 Å². The number of aromatic nitrogens is 1. The summed E-state index contributed by atoms with van der Waals surface area (Å²) in [5, 5.41) is 1.17. The van der Waals surface area contributed by atoms with Crippen LogP contribution in [0.25, 0.3) is 10.9 Å². The zero-order chi connectivity index (χ0) is 18.1. The minimum atomic E-state index is -0.467. The average Bonchev–Trinajstić information content (AvgIpc) is 3.17. The molecule has 26 heavy (non-hydrogen) atoms. The summed E-state index contributed by atoms with van der Waals surface area (Å²) in [7, 11) is 0. The minimum absolute atomic E-state index is 0.00199. The largest absolute Gasteiger partial charge is 0.368 e. The number of amides is 2. The van der Waals surface area contributed by atoms with Crippen molar-refractivity contribution in [1.29, 1.82) is 0 Å². The Hall–Kier alpha value is -3.08. The Morgan fingerprint density at radius 2 is 1.81 bits per heavy atom. The number of hydrogen-bond acceptors (Lipinski definition) is 2. The third-order valence-electron chi connectivity index (χ3n) is 5.02. The third kappa shape index (κ3) is 3.08. The van der Waals surface area contributed by atoms with Gasteiger partial charge in [0.05, 0.1) is 6.54 Å². The Morgan fingerprint density at radius 1 is 1.08 bits per heavy atom. The van der Waals surface area contributed by atoms with Gasteiger partial charge in [-0.1, -0.05) is 48.5 Å². The highest BCUT2D eigenvalue weighted by Crippen LogP contribution is 2.34. The molecule has 2 aromatic carbocycles. The molecule has 0 aliphatic carbocycles. The first-order chi connectivity index (χ1) is 12.6. The SMILES string of the molecule is NC(=O)CN1CC(c2cn(Cc3ccccc3)c3ccccc23)CC1=O. The maximum Gasteiger partial charge on any atom is 0.237 e. The van der Waals surface area contributed by atoms with E-state index in [1.807, 2.05) is 30.3 Å². The first-order valence-corrected chi connectivity index (χ1v) is 8.79. The monoisotopic (exact) mass is 347 g/mol. The molecule has 1 aliphatic heterocycles. The quantitative estimate of drug-likeness (QED) is 0.770. The van der Waals surface area contributed by atoms with Crippen molar-refractivity contribution < 1.29 is 9.59 Å². The Labute approximate surface area is 152 Å². The molecule has 0 saturated carbocycles. The van der Waals surface area contributed by atoms with Gasteiger partial charge in [-0.2, -0.15) is 0 Å². The second kappa shape index (κ2) is 6.67. The molecular formula is C21H21N3O2. The summed E-state index contributed by atoms with van der Waals surface area (Å²) in [6, 6.07) is 18.6. The molecule has 1 aliphatic rings. The van der Waals surface area contributed by atoms with E-state index in [-0.39, 0.29) is 18.4 Å². The van der Waals surface area contributed by atoms with E-state index in [0.717, 1.165) is 17.6 Å². The van der Waals surface area contributed by atoms with Gasteiger partial charge in [0.25, 0.3) is 0 Å². The Morgan fingerprint density at radius 3 is 2.58 bits per heavy atom. The lowest BCUT2D eigenvalue weighted by Gasteiger charge is -2.14. The molecular weight excluding hydrogens is 326 g/mol. The summed E-state index contributed by atoms with van der Waals surface area (Å²) in [6.45, 7) is 1.33. The van der Waals surface area contributed by atoms with E-state index in [2.05, 4.69) is 35.0 Å². The summed E-state index contributed by atoms with van der Waals surface area (Å²) in [6.07, 6.45) is 2.58. The van der Waals surface area contributed by atoms with Gasteiger partial charge in [0.1, 0.15) is 0 Å². The lowest BCUT2D eigenvalue weighted by molar-refractivity contribution is -0.132. The number of likely N-dealkylation sites (tertiary alicyclic amines) is 1. The summed E-state index contributed by atoms with van der Waals surface area (Å²) in [5.74, 6) is -0.386. The number of rotatable bonds is 5. The highest BCUT2D eigenvalue weighted by Gasteiger charge is 2.33. The van der Waals surface area contributed by atoms with Crippen molar-refractivity contribution in [3.8, 4) is 0 Å². The minimum Gasteiger partial charge on any atom is -0.368 e. The van der Waals surface area contributed by atoms with Crippen molar-refractivity contribution >= 4 is 22.7 Å². The van der Waals surface area contributed by atoms with Gasteiger partial charge in [-0.05, 0) is 17.2 Å². The molecule has 4 rings (SSSR count). The summed E-state index contributed by atoms with van der Waals surface area (Å²) in [4.78, 5) is 25.0. The van der Waals surface area contributed by atoms with Crippen LogP contribution in [0.2, 0.25) is 0 Å². The van der Waals surface area contributed by atoms with Crippen LogP contribution in [0.4, 0.5) is 0 Å². The van der Waals surface area contributed by atoms with Gasteiger partial charge >= 0.3 is 0 Å². The summed E-state index contributed by atoms with van der Waals surface area (Å²) < 4.78 is 2.24. The molecule has 1 fully saturated rings. The zero-order valence-electron chi connectivity index (χ0n) is 14.5. The van der Waals surface area contributed by atoms with E-state index in [0.29, 0.717) is 13.0 Å². The van der Waals surface area contributed by atoms with Gasteiger partial charge in [-0.3, -0.25) is 9.59 Å². The molecule has 0 bridgehead atoms. The molecule has 2 amide bonds. The van der Waals surface area contributed by atoms with Gasteiger partial charge in [0.15, 0.2) is 0 Å². The Balaban J connectivity index is 1.68. The van der Waals surface area contributed by atoms with Crippen molar-refractivity contribution in [2.24, 2.45) is 5.73 Å². The molecule has 5 nitrogen and oxygen atoms in total. The fourth-order valence-corrected chi connectivity index (χ4v) is 3.83. The van der Waals surface area contributed by atoms with Crippen LogP contribution in [-0.2, 0) is 16.1 Å². The molecule has 1 saturated heterocycles. The van der Waals surface area contributed by atoms with Crippen LogP contribution in [0.3, 0.4) is 0 Å². The molecule has 0 spiro atoms. The van der Waals surface area contributed by atoms with Crippen LogP contribution >= 0.6 is 0 Å². The molecule has 1 unspecified atom stereocenters. The number of carbonyl (C=O) groups excluding carboxylic acids is 2. The van der Waals surface area contributed by atoms with Gasteiger partial charge in [0, 0.05) is 42.5 Å². The first kappa shape index (κ1) is 16.4.